The first kappa shape index (κ1) is 6.68. The van der Waals surface area contributed by atoms with E-state index in [1.165, 1.54) is 6.08 Å². The SMILES string of the molecule is O=C/C=C\c1ccncc1. The summed E-state index contributed by atoms with van der Waals surface area (Å²) in [5.41, 5.74) is 0.988. The van der Waals surface area contributed by atoms with Crippen molar-refractivity contribution in [1.82, 2.24) is 4.98 Å². The molecule has 0 aliphatic rings. The summed E-state index contributed by atoms with van der Waals surface area (Å²) in [5, 5.41) is 0. The zero-order valence-corrected chi connectivity index (χ0v) is 5.40. The lowest BCUT2D eigenvalue weighted by molar-refractivity contribution is -0.104. The smallest absolute Gasteiger partial charge is 0.142 e. The number of aromatic nitrogens is 1. The van der Waals surface area contributed by atoms with Crippen LogP contribution in [0.15, 0.2) is 30.6 Å². The topological polar surface area (TPSA) is 30.0 Å². The molecule has 0 fully saturated rings. The molecule has 2 heteroatoms. The second-order valence-corrected chi connectivity index (χ2v) is 1.78. The van der Waals surface area contributed by atoms with Gasteiger partial charge in [-0.25, -0.2) is 0 Å². The van der Waals surface area contributed by atoms with Gasteiger partial charge >= 0.3 is 0 Å². The molecule has 0 N–H and O–H groups in total. The third-order valence-electron chi connectivity index (χ3n) is 1.07. The number of hydrogen-bond donors (Lipinski definition) is 0. The van der Waals surface area contributed by atoms with Crippen LogP contribution in [0.1, 0.15) is 5.56 Å². The summed E-state index contributed by atoms with van der Waals surface area (Å²) >= 11 is 0. The highest BCUT2D eigenvalue weighted by Crippen LogP contribution is 1.96. The fourth-order valence-corrected chi connectivity index (χ4v) is 0.625. The average molecular weight is 133 g/mol. The van der Waals surface area contributed by atoms with Crippen LogP contribution in [-0.4, -0.2) is 11.3 Å². The summed E-state index contributed by atoms with van der Waals surface area (Å²) in [6.07, 6.45) is 7.30. The molecular weight excluding hydrogens is 126 g/mol. The van der Waals surface area contributed by atoms with Crippen LogP contribution < -0.4 is 0 Å². The van der Waals surface area contributed by atoms with Crippen LogP contribution in [0, 0.1) is 0 Å². The molecule has 1 rings (SSSR count). The second-order valence-electron chi connectivity index (χ2n) is 1.78. The molecule has 0 aliphatic heterocycles. The van der Waals surface area contributed by atoms with Crippen LogP contribution in [0.2, 0.25) is 0 Å². The molecule has 0 amide bonds. The Hall–Kier alpha value is -1.44. The first-order valence-electron chi connectivity index (χ1n) is 2.95. The third-order valence-corrected chi connectivity index (χ3v) is 1.07. The Kier molecular flexibility index (Phi) is 2.38. The van der Waals surface area contributed by atoms with Crippen LogP contribution >= 0.6 is 0 Å². The van der Waals surface area contributed by atoms with Gasteiger partial charge in [-0.3, -0.25) is 9.78 Å². The zero-order valence-electron chi connectivity index (χ0n) is 5.40. The molecule has 1 aromatic rings. The Morgan fingerprint density at radius 1 is 1.30 bits per heavy atom. The molecule has 0 aromatic carbocycles. The van der Waals surface area contributed by atoms with Crippen LogP contribution in [-0.2, 0) is 4.79 Å². The fraction of sp³-hybridized carbons (Fsp3) is 0. The van der Waals surface area contributed by atoms with Gasteiger partial charge in [-0.1, -0.05) is 6.08 Å². The number of pyridine rings is 1. The maximum absolute atomic E-state index is 9.88. The third kappa shape index (κ3) is 1.82. The van der Waals surface area contributed by atoms with Crippen LogP contribution in [0.5, 0.6) is 0 Å². The van der Waals surface area contributed by atoms with Gasteiger partial charge in [0.2, 0.25) is 0 Å². The molecule has 0 radical (unpaired) electrons. The van der Waals surface area contributed by atoms with Crippen molar-refractivity contribution >= 4 is 12.4 Å². The maximum Gasteiger partial charge on any atom is 0.142 e. The predicted molar refractivity (Wildman–Crippen MR) is 39.3 cm³/mol. The van der Waals surface area contributed by atoms with Crippen molar-refractivity contribution in [3.05, 3.63) is 36.2 Å². The first-order valence-corrected chi connectivity index (χ1v) is 2.95. The Morgan fingerprint density at radius 3 is 2.60 bits per heavy atom. The quantitative estimate of drug-likeness (QED) is 0.449. The highest BCUT2D eigenvalue weighted by Gasteiger charge is 1.79. The van der Waals surface area contributed by atoms with E-state index in [0.717, 1.165) is 11.8 Å². The van der Waals surface area contributed by atoms with Crippen molar-refractivity contribution in [2.45, 2.75) is 0 Å². The van der Waals surface area contributed by atoms with Crippen molar-refractivity contribution < 1.29 is 4.79 Å². The Bertz CT molecular complexity index is 228. The van der Waals surface area contributed by atoms with Crippen LogP contribution in [0.4, 0.5) is 0 Å². The summed E-state index contributed by atoms with van der Waals surface area (Å²) in [6, 6.07) is 3.67. The van der Waals surface area contributed by atoms with Gasteiger partial charge in [0.1, 0.15) is 6.29 Å². The van der Waals surface area contributed by atoms with Gasteiger partial charge in [0.05, 0.1) is 0 Å². The number of aldehydes is 1. The molecule has 0 atom stereocenters. The molecule has 10 heavy (non-hydrogen) atoms. The molecule has 0 bridgehead atoms. The number of rotatable bonds is 2. The lowest BCUT2D eigenvalue weighted by Crippen LogP contribution is -1.71. The number of nitrogens with zero attached hydrogens (tertiary/aromatic N) is 1. The van der Waals surface area contributed by atoms with E-state index in [9.17, 15) is 4.79 Å². The van der Waals surface area contributed by atoms with Crippen molar-refractivity contribution in [2.24, 2.45) is 0 Å². The fourth-order valence-electron chi connectivity index (χ4n) is 0.625. The summed E-state index contributed by atoms with van der Waals surface area (Å²) in [5.74, 6) is 0. The van der Waals surface area contributed by atoms with Crippen LogP contribution in [0.25, 0.3) is 6.08 Å². The van der Waals surface area contributed by atoms with Crippen molar-refractivity contribution in [1.29, 1.82) is 0 Å². The number of allylic oxidation sites excluding steroid dienone is 1. The van der Waals surface area contributed by atoms with E-state index in [-0.39, 0.29) is 0 Å². The number of carbonyl (C=O) groups is 1. The maximum atomic E-state index is 9.88. The average Bonchev–Trinajstić information content (AvgIpc) is 2.03. The Labute approximate surface area is 59.2 Å². The molecule has 0 spiro atoms. The van der Waals surface area contributed by atoms with E-state index in [1.807, 2.05) is 12.1 Å². The highest BCUT2D eigenvalue weighted by molar-refractivity contribution is 5.73. The summed E-state index contributed by atoms with van der Waals surface area (Å²) in [7, 11) is 0. The van der Waals surface area contributed by atoms with Gasteiger partial charge in [0, 0.05) is 12.4 Å². The first-order chi connectivity index (χ1) is 4.93. The molecule has 0 aliphatic carbocycles. The number of hydrogen-bond acceptors (Lipinski definition) is 2. The van der Waals surface area contributed by atoms with Gasteiger partial charge in [-0.05, 0) is 23.8 Å². The van der Waals surface area contributed by atoms with E-state index < -0.39 is 0 Å². The van der Waals surface area contributed by atoms with Gasteiger partial charge < -0.3 is 0 Å². The Morgan fingerprint density at radius 2 is 2.00 bits per heavy atom. The van der Waals surface area contributed by atoms with E-state index in [4.69, 9.17) is 0 Å². The molecular formula is C8H7NO. The lowest BCUT2D eigenvalue weighted by Gasteiger charge is -1.86. The van der Waals surface area contributed by atoms with Gasteiger partial charge in [0.15, 0.2) is 0 Å². The summed E-state index contributed by atoms with van der Waals surface area (Å²) < 4.78 is 0. The van der Waals surface area contributed by atoms with E-state index in [1.54, 1.807) is 18.5 Å². The van der Waals surface area contributed by atoms with E-state index >= 15 is 0 Å². The Balaban J connectivity index is 2.76. The van der Waals surface area contributed by atoms with E-state index in [0.29, 0.717) is 0 Å². The minimum absolute atomic E-state index is 0.750. The van der Waals surface area contributed by atoms with Crippen molar-refractivity contribution in [3.63, 3.8) is 0 Å². The molecule has 0 saturated carbocycles. The second kappa shape index (κ2) is 3.56. The van der Waals surface area contributed by atoms with Gasteiger partial charge in [-0.15, -0.1) is 0 Å². The normalized spacial score (nSPS) is 10.0. The summed E-state index contributed by atoms with van der Waals surface area (Å²) in [4.78, 5) is 13.7. The monoisotopic (exact) mass is 133 g/mol. The van der Waals surface area contributed by atoms with E-state index in [2.05, 4.69) is 4.98 Å². The minimum atomic E-state index is 0.750. The molecule has 1 heterocycles. The standard InChI is InChI=1S/C8H7NO/c10-7-1-2-8-3-5-9-6-4-8/h1-7H/b2-1-. The summed E-state index contributed by atoms with van der Waals surface area (Å²) in [6.45, 7) is 0. The molecule has 0 unspecified atom stereocenters. The highest BCUT2D eigenvalue weighted by atomic mass is 16.1. The molecule has 1 aromatic heterocycles. The minimum Gasteiger partial charge on any atom is -0.299 e. The zero-order chi connectivity index (χ0) is 7.23. The van der Waals surface area contributed by atoms with Crippen molar-refractivity contribution in [2.75, 3.05) is 0 Å². The van der Waals surface area contributed by atoms with Gasteiger partial charge in [-0.2, -0.15) is 0 Å². The van der Waals surface area contributed by atoms with Crippen molar-refractivity contribution in [3.8, 4) is 0 Å². The lowest BCUT2D eigenvalue weighted by atomic mass is 10.2. The molecule has 0 saturated heterocycles. The van der Waals surface area contributed by atoms with Crippen LogP contribution in [0.3, 0.4) is 0 Å². The molecule has 50 valence electrons. The molecule has 2 nitrogen and oxygen atoms in total. The number of carbonyl (C=O) groups excluding carboxylic acids is 1. The predicted octanol–water partition coefficient (Wildman–Crippen LogP) is 1.29. The van der Waals surface area contributed by atoms with Gasteiger partial charge in [0.25, 0.3) is 0 Å². The largest absolute Gasteiger partial charge is 0.299 e.